The van der Waals surface area contributed by atoms with E-state index >= 15 is 0 Å². The molecule has 0 aromatic heterocycles. The van der Waals surface area contributed by atoms with Crippen molar-refractivity contribution >= 4 is 6.21 Å². The molecule has 0 aliphatic carbocycles. The SMILES string of the molecule is CC=N/C(=C\NC)C(C)C. The Bertz CT molecular complexity index is 134. The zero-order chi connectivity index (χ0) is 7.98. The summed E-state index contributed by atoms with van der Waals surface area (Å²) in [7, 11) is 1.88. The molecule has 0 aliphatic heterocycles. The van der Waals surface area contributed by atoms with Crippen molar-refractivity contribution in [3.8, 4) is 0 Å². The van der Waals surface area contributed by atoms with Crippen molar-refractivity contribution in [2.75, 3.05) is 7.05 Å². The molecule has 10 heavy (non-hydrogen) atoms. The van der Waals surface area contributed by atoms with E-state index < -0.39 is 0 Å². The largest absolute Gasteiger partial charge is 0.393 e. The Morgan fingerprint density at radius 2 is 2.10 bits per heavy atom. The maximum Gasteiger partial charge on any atom is 0.0581 e. The fraction of sp³-hybridized carbons (Fsp3) is 0.625. The highest BCUT2D eigenvalue weighted by molar-refractivity contribution is 5.55. The summed E-state index contributed by atoms with van der Waals surface area (Å²) in [6.07, 6.45) is 3.73. The average Bonchev–Trinajstić information content (AvgIpc) is 1.87. The first-order chi connectivity index (χ1) is 4.72. The van der Waals surface area contributed by atoms with Gasteiger partial charge in [-0.05, 0) is 12.8 Å². The van der Waals surface area contributed by atoms with E-state index in [9.17, 15) is 0 Å². The standard InChI is InChI=1S/C8H16N2/c1-5-10-8(6-9-4)7(2)3/h5-7,9H,1-4H3/b8-6-,10-5?. The van der Waals surface area contributed by atoms with Crippen LogP contribution in [0.3, 0.4) is 0 Å². The number of aliphatic imine (C=N–C) groups is 1. The Morgan fingerprint density at radius 3 is 2.40 bits per heavy atom. The Hall–Kier alpha value is -0.790. The van der Waals surface area contributed by atoms with Gasteiger partial charge in [0.2, 0.25) is 0 Å². The molecule has 2 heteroatoms. The van der Waals surface area contributed by atoms with Gasteiger partial charge in [-0.3, -0.25) is 4.99 Å². The predicted molar refractivity (Wildman–Crippen MR) is 46.1 cm³/mol. The molecule has 58 valence electrons. The normalized spacial score (nSPS) is 13.1. The second kappa shape index (κ2) is 5.03. The number of hydrogen-bond donors (Lipinski definition) is 1. The van der Waals surface area contributed by atoms with Gasteiger partial charge in [-0.15, -0.1) is 0 Å². The summed E-state index contributed by atoms with van der Waals surface area (Å²) < 4.78 is 0. The lowest BCUT2D eigenvalue weighted by atomic mass is 10.1. The van der Waals surface area contributed by atoms with Gasteiger partial charge in [-0.1, -0.05) is 13.8 Å². The molecule has 0 bridgehead atoms. The minimum atomic E-state index is 0.489. The van der Waals surface area contributed by atoms with Gasteiger partial charge in [0.05, 0.1) is 5.70 Å². The number of allylic oxidation sites excluding steroid dienone is 1. The van der Waals surface area contributed by atoms with Gasteiger partial charge < -0.3 is 5.32 Å². The summed E-state index contributed by atoms with van der Waals surface area (Å²) in [6.45, 7) is 6.16. The fourth-order valence-corrected chi connectivity index (χ4v) is 0.650. The molecule has 0 radical (unpaired) electrons. The van der Waals surface area contributed by atoms with E-state index in [0.717, 1.165) is 5.70 Å². The van der Waals surface area contributed by atoms with Gasteiger partial charge in [-0.25, -0.2) is 0 Å². The highest BCUT2D eigenvalue weighted by Gasteiger charge is 1.97. The quantitative estimate of drug-likeness (QED) is 0.594. The van der Waals surface area contributed by atoms with Crippen LogP contribution in [0.15, 0.2) is 16.9 Å². The van der Waals surface area contributed by atoms with Crippen molar-refractivity contribution in [1.82, 2.24) is 5.32 Å². The first-order valence-corrected chi connectivity index (χ1v) is 3.58. The molecule has 0 atom stereocenters. The minimum Gasteiger partial charge on any atom is -0.393 e. The third-order valence-corrected chi connectivity index (χ3v) is 1.16. The van der Waals surface area contributed by atoms with Gasteiger partial charge in [0.15, 0.2) is 0 Å². The fourth-order valence-electron chi connectivity index (χ4n) is 0.650. The van der Waals surface area contributed by atoms with Gasteiger partial charge in [-0.2, -0.15) is 0 Å². The van der Waals surface area contributed by atoms with E-state index in [2.05, 4.69) is 24.2 Å². The van der Waals surface area contributed by atoms with Crippen LogP contribution in [0.1, 0.15) is 20.8 Å². The molecule has 0 fully saturated rings. The van der Waals surface area contributed by atoms with Crippen LogP contribution in [0, 0.1) is 5.92 Å². The van der Waals surface area contributed by atoms with E-state index in [1.165, 1.54) is 0 Å². The molecule has 0 rings (SSSR count). The Balaban J connectivity index is 4.11. The van der Waals surface area contributed by atoms with Crippen molar-refractivity contribution in [3.05, 3.63) is 11.9 Å². The lowest BCUT2D eigenvalue weighted by molar-refractivity contribution is 0.747. The monoisotopic (exact) mass is 140 g/mol. The topological polar surface area (TPSA) is 24.4 Å². The van der Waals surface area contributed by atoms with E-state index in [4.69, 9.17) is 0 Å². The van der Waals surface area contributed by atoms with E-state index in [-0.39, 0.29) is 0 Å². The minimum absolute atomic E-state index is 0.489. The summed E-state index contributed by atoms with van der Waals surface area (Å²) in [5, 5.41) is 2.96. The number of rotatable bonds is 3. The molecular formula is C8H16N2. The third-order valence-electron chi connectivity index (χ3n) is 1.16. The van der Waals surface area contributed by atoms with Crippen LogP contribution >= 0.6 is 0 Å². The van der Waals surface area contributed by atoms with E-state index in [1.807, 2.05) is 26.4 Å². The average molecular weight is 140 g/mol. The summed E-state index contributed by atoms with van der Waals surface area (Å²) in [5.74, 6) is 0.489. The molecule has 0 aromatic rings. The number of nitrogens with one attached hydrogen (secondary N) is 1. The van der Waals surface area contributed by atoms with Crippen LogP contribution in [0.5, 0.6) is 0 Å². The molecule has 0 unspecified atom stereocenters. The van der Waals surface area contributed by atoms with Crippen molar-refractivity contribution in [2.24, 2.45) is 10.9 Å². The zero-order valence-corrected chi connectivity index (χ0v) is 7.18. The smallest absolute Gasteiger partial charge is 0.0581 e. The van der Waals surface area contributed by atoms with Crippen molar-refractivity contribution in [2.45, 2.75) is 20.8 Å². The summed E-state index contributed by atoms with van der Waals surface area (Å²) in [5.41, 5.74) is 1.09. The van der Waals surface area contributed by atoms with Gasteiger partial charge in [0.25, 0.3) is 0 Å². The Kier molecular flexibility index (Phi) is 4.63. The van der Waals surface area contributed by atoms with Crippen LogP contribution in [0.25, 0.3) is 0 Å². The van der Waals surface area contributed by atoms with Gasteiger partial charge in [0, 0.05) is 19.5 Å². The van der Waals surface area contributed by atoms with Crippen LogP contribution in [-0.4, -0.2) is 13.3 Å². The summed E-state index contributed by atoms with van der Waals surface area (Å²) in [6, 6.07) is 0. The Morgan fingerprint density at radius 1 is 1.50 bits per heavy atom. The zero-order valence-electron chi connectivity index (χ0n) is 7.18. The highest BCUT2D eigenvalue weighted by Crippen LogP contribution is 2.08. The molecule has 0 saturated heterocycles. The second-order valence-electron chi connectivity index (χ2n) is 2.40. The predicted octanol–water partition coefficient (Wildman–Crippen LogP) is 1.79. The van der Waals surface area contributed by atoms with Crippen LogP contribution < -0.4 is 5.32 Å². The lowest BCUT2D eigenvalue weighted by Gasteiger charge is -2.03. The molecule has 0 saturated carbocycles. The maximum atomic E-state index is 4.19. The second-order valence-corrected chi connectivity index (χ2v) is 2.40. The molecule has 1 N–H and O–H groups in total. The summed E-state index contributed by atoms with van der Waals surface area (Å²) >= 11 is 0. The first-order valence-electron chi connectivity index (χ1n) is 3.58. The molecular weight excluding hydrogens is 124 g/mol. The molecule has 0 aliphatic rings. The van der Waals surface area contributed by atoms with Gasteiger partial charge >= 0.3 is 0 Å². The maximum absolute atomic E-state index is 4.19. The van der Waals surface area contributed by atoms with Gasteiger partial charge in [0.1, 0.15) is 0 Å². The summed E-state index contributed by atoms with van der Waals surface area (Å²) in [4.78, 5) is 4.19. The van der Waals surface area contributed by atoms with E-state index in [1.54, 1.807) is 0 Å². The molecule has 2 nitrogen and oxygen atoms in total. The molecule has 0 amide bonds. The lowest BCUT2D eigenvalue weighted by Crippen LogP contribution is -1.99. The number of nitrogens with zero attached hydrogens (tertiary/aromatic N) is 1. The Labute approximate surface area is 63.0 Å². The number of hydrogen-bond acceptors (Lipinski definition) is 2. The molecule has 0 spiro atoms. The highest BCUT2D eigenvalue weighted by atomic mass is 14.8. The van der Waals surface area contributed by atoms with Crippen LogP contribution in [0.4, 0.5) is 0 Å². The van der Waals surface area contributed by atoms with Crippen molar-refractivity contribution in [3.63, 3.8) is 0 Å². The van der Waals surface area contributed by atoms with E-state index in [0.29, 0.717) is 5.92 Å². The van der Waals surface area contributed by atoms with Crippen LogP contribution in [-0.2, 0) is 0 Å². The van der Waals surface area contributed by atoms with Crippen LogP contribution in [0.2, 0.25) is 0 Å². The molecule has 0 heterocycles. The third kappa shape index (κ3) is 3.28. The van der Waals surface area contributed by atoms with Crippen molar-refractivity contribution in [1.29, 1.82) is 0 Å². The first kappa shape index (κ1) is 9.21. The van der Waals surface area contributed by atoms with Crippen molar-refractivity contribution < 1.29 is 0 Å². The molecule has 0 aromatic carbocycles.